The molecule has 1 unspecified atom stereocenters. The Morgan fingerprint density at radius 1 is 1.60 bits per heavy atom. The van der Waals surface area contributed by atoms with E-state index >= 15 is 0 Å². The van der Waals surface area contributed by atoms with Crippen LogP contribution in [0.25, 0.3) is 11.0 Å². The van der Waals surface area contributed by atoms with Crippen molar-refractivity contribution < 1.29 is 10.9 Å². The van der Waals surface area contributed by atoms with Crippen LogP contribution in [0.4, 0.5) is 0 Å². The lowest BCUT2D eigenvalue weighted by Gasteiger charge is -2.32. The van der Waals surface area contributed by atoms with Gasteiger partial charge in [-0.1, -0.05) is 6.07 Å². The first-order valence-electron chi connectivity index (χ1n) is 7.35. The van der Waals surface area contributed by atoms with Gasteiger partial charge in [0.1, 0.15) is 1.37 Å². The molecule has 1 aromatic carbocycles. The Morgan fingerprint density at radius 2 is 2.45 bits per heavy atom. The zero-order chi connectivity index (χ0) is 15.0. The number of nitrogens with zero attached hydrogens (tertiary/aromatic N) is 3. The second kappa shape index (κ2) is 5.25. The number of carbonyl (C=O) groups excluding carboxylic acids is 1. The quantitative estimate of drug-likeness (QED) is 0.835. The number of ether oxygens (including phenoxy) is 1. The van der Waals surface area contributed by atoms with Crippen molar-refractivity contribution in [2.75, 3.05) is 19.7 Å². The molecule has 0 aliphatic carbocycles. The molecule has 20 heavy (non-hydrogen) atoms. The van der Waals surface area contributed by atoms with Crippen LogP contribution in [0.3, 0.4) is 0 Å². The van der Waals surface area contributed by atoms with E-state index in [9.17, 15) is 4.79 Å². The first-order valence-corrected chi connectivity index (χ1v) is 6.85. The Hall–Kier alpha value is -1.88. The summed E-state index contributed by atoms with van der Waals surface area (Å²) in [6, 6.07) is 5.98. The van der Waals surface area contributed by atoms with Gasteiger partial charge in [0.2, 0.25) is 5.91 Å². The maximum absolute atomic E-state index is 11.5. The third-order valence-electron chi connectivity index (χ3n) is 3.68. The molecule has 1 saturated heterocycles. The van der Waals surface area contributed by atoms with Crippen LogP contribution < -0.4 is 0 Å². The summed E-state index contributed by atoms with van der Waals surface area (Å²) in [5, 5.41) is 0. The number of hydrogen-bond donors (Lipinski definition) is 0. The molecule has 0 radical (unpaired) electrons. The second-order valence-corrected chi connectivity index (χ2v) is 5.27. The van der Waals surface area contributed by atoms with Gasteiger partial charge in [0.25, 0.3) is 0 Å². The molecular formula is C15H19N3O2. The average Bonchev–Trinajstić information content (AvgIpc) is 2.74. The number of morpholine rings is 1. The van der Waals surface area contributed by atoms with Crippen LogP contribution in [0.5, 0.6) is 0 Å². The van der Waals surface area contributed by atoms with Gasteiger partial charge in [-0.15, -0.1) is 0 Å². The minimum absolute atomic E-state index is 0.0699. The number of aryl methyl sites for hydroxylation is 1. The molecule has 0 N–H and O–H groups in total. The van der Waals surface area contributed by atoms with Crippen LogP contribution in [-0.2, 0) is 16.1 Å². The van der Waals surface area contributed by atoms with Crippen molar-refractivity contribution in [2.24, 2.45) is 0 Å². The van der Waals surface area contributed by atoms with Gasteiger partial charge in [0.05, 0.1) is 36.6 Å². The van der Waals surface area contributed by atoms with Gasteiger partial charge >= 0.3 is 0 Å². The van der Waals surface area contributed by atoms with E-state index in [1.54, 1.807) is 11.8 Å². The summed E-state index contributed by atoms with van der Waals surface area (Å²) in [4.78, 5) is 17.6. The third-order valence-corrected chi connectivity index (χ3v) is 3.68. The molecule has 106 valence electrons. The first kappa shape index (κ1) is 11.9. The van der Waals surface area contributed by atoms with Crippen molar-refractivity contribution in [3.05, 3.63) is 30.1 Å². The molecule has 5 nitrogen and oxygen atoms in total. The number of imidazole rings is 1. The molecule has 1 atom stereocenters. The second-order valence-electron chi connectivity index (χ2n) is 5.27. The van der Waals surface area contributed by atoms with Crippen molar-refractivity contribution in [1.29, 1.82) is 0 Å². The summed E-state index contributed by atoms with van der Waals surface area (Å²) in [7, 11) is 0. The lowest BCUT2D eigenvalue weighted by Crippen LogP contribution is -2.46. The third kappa shape index (κ3) is 2.54. The van der Waals surface area contributed by atoms with Crippen LogP contribution in [0.15, 0.2) is 24.5 Å². The molecule has 0 spiro atoms. The van der Waals surface area contributed by atoms with E-state index in [4.69, 9.17) is 6.11 Å². The number of hydrogen-bond acceptors (Lipinski definition) is 3. The van der Waals surface area contributed by atoms with E-state index in [0.29, 0.717) is 26.2 Å². The fraction of sp³-hybridized carbons (Fsp3) is 0.467. The Labute approximate surface area is 119 Å². The maximum atomic E-state index is 11.5. The molecule has 0 bridgehead atoms. The fourth-order valence-corrected chi connectivity index (χ4v) is 2.58. The predicted octanol–water partition coefficient (Wildman–Crippen LogP) is 1.59. The van der Waals surface area contributed by atoms with Gasteiger partial charge in [-0.3, -0.25) is 4.79 Å². The standard InChI is InChI=1S/C15H19N3O2/c1-11-3-4-15-14(7-11)16-10-18(15)9-13-8-17(12(2)19)5-6-20-13/h3-4,7,10,13H,5-6,8-9H2,1-2H3/i10D. The molecule has 3 rings (SSSR count). The monoisotopic (exact) mass is 274 g/mol. The molecule has 0 saturated carbocycles. The molecule has 2 heterocycles. The van der Waals surface area contributed by atoms with Gasteiger partial charge < -0.3 is 14.2 Å². The van der Waals surface area contributed by atoms with Crippen molar-refractivity contribution in [3.63, 3.8) is 0 Å². The molecule has 2 aromatic rings. The van der Waals surface area contributed by atoms with Gasteiger partial charge in [0, 0.05) is 20.0 Å². The molecule has 1 fully saturated rings. The summed E-state index contributed by atoms with van der Waals surface area (Å²) in [5.74, 6) is 0.0699. The Morgan fingerprint density at radius 3 is 3.25 bits per heavy atom. The van der Waals surface area contributed by atoms with Crippen LogP contribution in [0.1, 0.15) is 13.9 Å². The lowest BCUT2D eigenvalue weighted by molar-refractivity contribution is -0.136. The molecular weight excluding hydrogens is 254 g/mol. The zero-order valence-electron chi connectivity index (χ0n) is 12.8. The van der Waals surface area contributed by atoms with Crippen molar-refractivity contribution in [3.8, 4) is 0 Å². The number of rotatable bonds is 2. The molecule has 1 aliphatic heterocycles. The SMILES string of the molecule is [2H]c1nc2cc(C)ccc2n1CC1CN(C(C)=O)CCO1. The van der Waals surface area contributed by atoms with Crippen molar-refractivity contribution >= 4 is 16.9 Å². The summed E-state index contributed by atoms with van der Waals surface area (Å²) < 4.78 is 15.6. The number of fused-ring (bicyclic) bond motifs is 1. The summed E-state index contributed by atoms with van der Waals surface area (Å²) >= 11 is 0. The van der Waals surface area contributed by atoms with Crippen LogP contribution in [0, 0.1) is 6.92 Å². The topological polar surface area (TPSA) is 47.4 Å². The highest BCUT2D eigenvalue weighted by Crippen LogP contribution is 2.16. The maximum Gasteiger partial charge on any atom is 0.219 e. The average molecular weight is 274 g/mol. The number of carbonyl (C=O) groups is 1. The van der Waals surface area contributed by atoms with Crippen LogP contribution >= 0.6 is 0 Å². The summed E-state index contributed by atoms with van der Waals surface area (Å²) in [6.07, 6.45) is 0.143. The highest BCUT2D eigenvalue weighted by molar-refractivity contribution is 5.76. The lowest BCUT2D eigenvalue weighted by atomic mass is 10.2. The van der Waals surface area contributed by atoms with Gasteiger partial charge in [0.15, 0.2) is 0 Å². The molecule has 5 heteroatoms. The van der Waals surface area contributed by atoms with E-state index in [1.807, 2.05) is 29.7 Å². The number of amides is 1. The van der Waals surface area contributed by atoms with E-state index < -0.39 is 0 Å². The number of benzene rings is 1. The Kier molecular flexibility index (Phi) is 3.12. The van der Waals surface area contributed by atoms with Crippen molar-refractivity contribution in [2.45, 2.75) is 26.5 Å². The summed E-state index contributed by atoms with van der Waals surface area (Å²) in [6.45, 7) is 5.89. The highest BCUT2D eigenvalue weighted by Gasteiger charge is 2.22. The zero-order valence-corrected chi connectivity index (χ0v) is 11.8. The minimum atomic E-state index is -0.0922. The smallest absolute Gasteiger partial charge is 0.219 e. The van der Waals surface area contributed by atoms with Gasteiger partial charge in [-0.05, 0) is 24.6 Å². The molecule has 1 amide bonds. The van der Waals surface area contributed by atoms with Crippen LogP contribution in [0.2, 0.25) is 0 Å². The summed E-state index contributed by atoms with van der Waals surface area (Å²) in [5.41, 5.74) is 2.90. The van der Waals surface area contributed by atoms with Crippen molar-refractivity contribution in [1.82, 2.24) is 14.5 Å². The van der Waals surface area contributed by atoms with E-state index in [1.165, 1.54) is 0 Å². The number of aromatic nitrogens is 2. The van der Waals surface area contributed by atoms with E-state index in [2.05, 4.69) is 4.98 Å². The minimum Gasteiger partial charge on any atom is -0.373 e. The fourth-order valence-electron chi connectivity index (χ4n) is 2.58. The molecule has 1 aromatic heterocycles. The largest absolute Gasteiger partial charge is 0.373 e. The Balaban J connectivity index is 1.84. The highest BCUT2D eigenvalue weighted by atomic mass is 16.5. The molecule has 1 aliphatic rings. The Bertz CT molecular complexity index is 683. The van der Waals surface area contributed by atoms with Gasteiger partial charge in [-0.2, -0.15) is 0 Å². The van der Waals surface area contributed by atoms with Gasteiger partial charge in [-0.25, -0.2) is 4.98 Å². The predicted molar refractivity (Wildman–Crippen MR) is 76.5 cm³/mol. The van der Waals surface area contributed by atoms with E-state index in [0.717, 1.165) is 16.6 Å². The first-order chi connectivity index (χ1) is 10.0. The normalized spacial score (nSPS) is 20.2. The van der Waals surface area contributed by atoms with E-state index in [-0.39, 0.29) is 18.3 Å². The van der Waals surface area contributed by atoms with Crippen LogP contribution in [-0.4, -0.2) is 46.2 Å².